The van der Waals surface area contributed by atoms with Crippen molar-refractivity contribution in [3.05, 3.63) is 35.9 Å². The van der Waals surface area contributed by atoms with Crippen molar-refractivity contribution in [2.75, 3.05) is 0 Å². The standard InChI is InChI=1S/C10H12N2.ClH/c1-9(7-11)12-8-10-5-3-2-4-6-10;/h2-6,9,12H,8H2,1H3;1H. The van der Waals surface area contributed by atoms with Crippen LogP contribution >= 0.6 is 12.4 Å². The molecule has 0 aliphatic rings. The van der Waals surface area contributed by atoms with Crippen molar-refractivity contribution in [1.82, 2.24) is 5.32 Å². The highest BCUT2D eigenvalue weighted by atomic mass is 35.5. The van der Waals surface area contributed by atoms with Gasteiger partial charge in [-0.3, -0.25) is 5.32 Å². The van der Waals surface area contributed by atoms with E-state index in [-0.39, 0.29) is 18.4 Å². The van der Waals surface area contributed by atoms with Gasteiger partial charge in [0.15, 0.2) is 0 Å². The molecule has 1 atom stereocenters. The van der Waals surface area contributed by atoms with Gasteiger partial charge in [-0.05, 0) is 12.5 Å². The van der Waals surface area contributed by atoms with Gasteiger partial charge in [-0.1, -0.05) is 30.3 Å². The van der Waals surface area contributed by atoms with E-state index in [4.69, 9.17) is 5.26 Å². The first-order chi connectivity index (χ1) is 5.83. The molecule has 0 radical (unpaired) electrons. The van der Waals surface area contributed by atoms with E-state index in [9.17, 15) is 0 Å². The smallest absolute Gasteiger partial charge is 0.0927 e. The molecule has 0 saturated heterocycles. The molecule has 0 aromatic heterocycles. The fraction of sp³-hybridized carbons (Fsp3) is 0.300. The Morgan fingerprint density at radius 3 is 2.54 bits per heavy atom. The largest absolute Gasteiger partial charge is 0.298 e. The molecule has 1 rings (SSSR count). The number of benzene rings is 1. The van der Waals surface area contributed by atoms with Crippen LogP contribution in [0.3, 0.4) is 0 Å². The lowest BCUT2D eigenvalue weighted by atomic mass is 10.2. The van der Waals surface area contributed by atoms with E-state index < -0.39 is 0 Å². The topological polar surface area (TPSA) is 35.8 Å². The molecule has 0 bridgehead atoms. The lowest BCUT2D eigenvalue weighted by Crippen LogP contribution is -2.23. The zero-order valence-electron chi connectivity index (χ0n) is 7.53. The van der Waals surface area contributed by atoms with Gasteiger partial charge in [0, 0.05) is 6.54 Å². The van der Waals surface area contributed by atoms with Crippen LogP contribution in [0.5, 0.6) is 0 Å². The van der Waals surface area contributed by atoms with Crippen molar-refractivity contribution in [3.8, 4) is 6.07 Å². The maximum atomic E-state index is 8.50. The summed E-state index contributed by atoms with van der Waals surface area (Å²) < 4.78 is 0. The molecule has 1 unspecified atom stereocenters. The first-order valence-corrected chi connectivity index (χ1v) is 4.00. The predicted molar refractivity (Wildman–Crippen MR) is 55.6 cm³/mol. The molecule has 2 nitrogen and oxygen atoms in total. The van der Waals surface area contributed by atoms with E-state index >= 15 is 0 Å². The lowest BCUT2D eigenvalue weighted by molar-refractivity contribution is 0.642. The van der Waals surface area contributed by atoms with Crippen LogP contribution in [-0.4, -0.2) is 6.04 Å². The van der Waals surface area contributed by atoms with Gasteiger partial charge < -0.3 is 0 Å². The molecule has 0 fully saturated rings. The lowest BCUT2D eigenvalue weighted by Gasteiger charge is -2.04. The van der Waals surface area contributed by atoms with Gasteiger partial charge in [-0.25, -0.2) is 0 Å². The second-order valence-corrected chi connectivity index (χ2v) is 2.72. The van der Waals surface area contributed by atoms with E-state index in [2.05, 4.69) is 11.4 Å². The minimum absolute atomic E-state index is 0. The van der Waals surface area contributed by atoms with E-state index in [1.165, 1.54) is 5.56 Å². The number of halogens is 1. The predicted octanol–water partition coefficient (Wildman–Crippen LogP) is 2.11. The molecule has 3 heteroatoms. The molecule has 0 aliphatic heterocycles. The maximum absolute atomic E-state index is 8.50. The number of hydrogen-bond acceptors (Lipinski definition) is 2. The molecule has 1 N–H and O–H groups in total. The van der Waals surface area contributed by atoms with Crippen molar-refractivity contribution >= 4 is 12.4 Å². The molecule has 0 heterocycles. The summed E-state index contributed by atoms with van der Waals surface area (Å²) in [7, 11) is 0. The van der Waals surface area contributed by atoms with Gasteiger partial charge in [0.2, 0.25) is 0 Å². The Hall–Kier alpha value is -1.04. The summed E-state index contributed by atoms with van der Waals surface area (Å²) in [6.07, 6.45) is 0. The summed E-state index contributed by atoms with van der Waals surface area (Å²) in [4.78, 5) is 0. The zero-order valence-corrected chi connectivity index (χ0v) is 8.34. The van der Waals surface area contributed by atoms with E-state index in [1.54, 1.807) is 0 Å². The van der Waals surface area contributed by atoms with Gasteiger partial charge in [0.25, 0.3) is 0 Å². The minimum atomic E-state index is -0.0785. The molecule has 1 aromatic rings. The third kappa shape index (κ3) is 4.51. The number of nitrogens with one attached hydrogen (secondary N) is 1. The van der Waals surface area contributed by atoms with Crippen molar-refractivity contribution in [3.63, 3.8) is 0 Å². The van der Waals surface area contributed by atoms with Crippen molar-refractivity contribution in [2.24, 2.45) is 0 Å². The molecule has 0 aliphatic carbocycles. The van der Waals surface area contributed by atoms with Gasteiger partial charge in [-0.15, -0.1) is 12.4 Å². The van der Waals surface area contributed by atoms with E-state index in [1.807, 2.05) is 37.3 Å². The van der Waals surface area contributed by atoms with Crippen LogP contribution in [-0.2, 0) is 6.54 Å². The fourth-order valence-electron chi connectivity index (χ4n) is 0.912. The molecular weight excluding hydrogens is 184 g/mol. The Kier molecular flexibility index (Phi) is 5.96. The third-order valence-electron chi connectivity index (χ3n) is 1.65. The highest BCUT2D eigenvalue weighted by molar-refractivity contribution is 5.85. The number of rotatable bonds is 3. The summed E-state index contributed by atoms with van der Waals surface area (Å²) in [5, 5.41) is 11.6. The molecular formula is C10H13ClN2. The Balaban J connectivity index is 0.00000144. The molecule has 0 amide bonds. The van der Waals surface area contributed by atoms with Crippen molar-refractivity contribution < 1.29 is 0 Å². The fourth-order valence-corrected chi connectivity index (χ4v) is 0.912. The molecule has 70 valence electrons. The Labute approximate surface area is 85.0 Å². The number of nitrogens with zero attached hydrogens (tertiary/aromatic N) is 1. The monoisotopic (exact) mass is 196 g/mol. The first-order valence-electron chi connectivity index (χ1n) is 4.00. The molecule has 0 saturated carbocycles. The highest BCUT2D eigenvalue weighted by Crippen LogP contribution is 1.97. The van der Waals surface area contributed by atoms with Gasteiger partial charge >= 0.3 is 0 Å². The summed E-state index contributed by atoms with van der Waals surface area (Å²) in [5.41, 5.74) is 1.21. The van der Waals surface area contributed by atoms with Crippen LogP contribution in [0.1, 0.15) is 12.5 Å². The van der Waals surface area contributed by atoms with E-state index in [0.29, 0.717) is 0 Å². The second-order valence-electron chi connectivity index (χ2n) is 2.72. The maximum Gasteiger partial charge on any atom is 0.0927 e. The van der Waals surface area contributed by atoms with Crippen LogP contribution in [0, 0.1) is 11.3 Å². The third-order valence-corrected chi connectivity index (χ3v) is 1.65. The van der Waals surface area contributed by atoms with Crippen LogP contribution in [0.25, 0.3) is 0 Å². The first kappa shape index (κ1) is 12.0. The quantitative estimate of drug-likeness (QED) is 0.804. The normalized spacial score (nSPS) is 11.1. The average Bonchev–Trinajstić information content (AvgIpc) is 2.16. The zero-order chi connectivity index (χ0) is 8.81. The molecule has 1 aromatic carbocycles. The van der Waals surface area contributed by atoms with Crippen molar-refractivity contribution in [2.45, 2.75) is 19.5 Å². The van der Waals surface area contributed by atoms with Crippen LogP contribution in [0.2, 0.25) is 0 Å². The summed E-state index contributed by atoms with van der Waals surface area (Å²) in [5.74, 6) is 0. The second kappa shape index (κ2) is 6.47. The molecule has 13 heavy (non-hydrogen) atoms. The van der Waals surface area contributed by atoms with Crippen LogP contribution in [0.4, 0.5) is 0 Å². The van der Waals surface area contributed by atoms with Crippen molar-refractivity contribution in [1.29, 1.82) is 5.26 Å². The SMILES string of the molecule is CC(C#N)NCc1ccccc1.Cl. The summed E-state index contributed by atoms with van der Waals surface area (Å²) >= 11 is 0. The van der Waals surface area contributed by atoms with Gasteiger partial charge in [-0.2, -0.15) is 5.26 Å². The molecule has 0 spiro atoms. The van der Waals surface area contributed by atoms with Crippen LogP contribution < -0.4 is 5.32 Å². The Bertz CT molecular complexity index is 266. The average molecular weight is 197 g/mol. The van der Waals surface area contributed by atoms with Gasteiger partial charge in [0.05, 0.1) is 12.1 Å². The number of hydrogen-bond donors (Lipinski definition) is 1. The summed E-state index contributed by atoms with van der Waals surface area (Å²) in [6, 6.07) is 12.1. The highest BCUT2D eigenvalue weighted by Gasteiger charge is 1.96. The Morgan fingerprint density at radius 2 is 2.00 bits per heavy atom. The minimum Gasteiger partial charge on any atom is -0.298 e. The van der Waals surface area contributed by atoms with Crippen LogP contribution in [0.15, 0.2) is 30.3 Å². The number of nitriles is 1. The van der Waals surface area contributed by atoms with Gasteiger partial charge in [0.1, 0.15) is 0 Å². The Morgan fingerprint density at radius 1 is 1.38 bits per heavy atom. The summed E-state index contributed by atoms with van der Waals surface area (Å²) in [6.45, 7) is 2.61. The van der Waals surface area contributed by atoms with E-state index in [0.717, 1.165) is 6.54 Å².